The summed E-state index contributed by atoms with van der Waals surface area (Å²) in [6.07, 6.45) is 1.64. The van der Waals surface area contributed by atoms with E-state index in [9.17, 15) is 0 Å². The van der Waals surface area contributed by atoms with Crippen LogP contribution in [0.1, 0.15) is 0 Å². The maximum Gasteiger partial charge on any atom is 0.264 e. The van der Waals surface area contributed by atoms with Crippen LogP contribution in [0.2, 0.25) is 0 Å². The van der Waals surface area contributed by atoms with Crippen LogP contribution < -0.4 is 4.74 Å². The Hall–Kier alpha value is -1.60. The van der Waals surface area contributed by atoms with Gasteiger partial charge in [0.15, 0.2) is 10.7 Å². The summed E-state index contributed by atoms with van der Waals surface area (Å²) in [5.74, 6) is 0.480. The van der Waals surface area contributed by atoms with Gasteiger partial charge in [-0.1, -0.05) is 12.1 Å². The molecule has 96 valence electrons. The molecule has 0 unspecified atom stereocenters. The number of ether oxygens (including phenoxy) is 1. The number of hydrogen-bond donors (Lipinski definition) is 0. The molecule has 0 bridgehead atoms. The predicted molar refractivity (Wildman–Crippen MR) is 74.4 cm³/mol. The first-order valence-electron chi connectivity index (χ1n) is 5.36. The van der Waals surface area contributed by atoms with Gasteiger partial charge in [0, 0.05) is 18.0 Å². The van der Waals surface area contributed by atoms with Crippen LogP contribution in [0.25, 0.3) is 11.1 Å². The molecule has 0 N–H and O–H groups in total. The summed E-state index contributed by atoms with van der Waals surface area (Å²) in [6.45, 7) is 0. The Labute approximate surface area is 121 Å². The van der Waals surface area contributed by atoms with Gasteiger partial charge in [0.25, 0.3) is 5.22 Å². The third kappa shape index (κ3) is 2.57. The molecule has 0 saturated heterocycles. The van der Waals surface area contributed by atoms with Crippen molar-refractivity contribution >= 4 is 38.8 Å². The largest absolute Gasteiger partial charge is 0.480 e. The Morgan fingerprint density at radius 1 is 1.26 bits per heavy atom. The van der Waals surface area contributed by atoms with Crippen LogP contribution >= 0.6 is 27.7 Å². The highest BCUT2D eigenvalue weighted by atomic mass is 79.9. The Balaban J connectivity index is 1.92. The molecule has 0 radical (unpaired) electrons. The molecule has 19 heavy (non-hydrogen) atoms. The lowest BCUT2D eigenvalue weighted by Gasteiger charge is -2.02. The van der Waals surface area contributed by atoms with Crippen LogP contribution in [0.4, 0.5) is 0 Å². The molecule has 0 fully saturated rings. The first kappa shape index (κ1) is 12.4. The highest BCUT2D eigenvalue weighted by molar-refractivity contribution is 9.10. The number of benzene rings is 1. The topological polar surface area (TPSA) is 61.0 Å². The molecule has 0 saturated carbocycles. The maximum absolute atomic E-state index is 5.60. The third-order valence-corrected chi connectivity index (χ3v) is 3.61. The number of para-hydroxylation sites is 2. The van der Waals surface area contributed by atoms with E-state index in [1.54, 1.807) is 13.3 Å². The lowest BCUT2D eigenvalue weighted by molar-refractivity contribution is 0.389. The maximum atomic E-state index is 5.60. The molecule has 1 aromatic carbocycles. The second-order valence-electron chi connectivity index (χ2n) is 3.56. The number of halogens is 1. The molecule has 3 rings (SSSR count). The molecule has 3 aromatic rings. The van der Waals surface area contributed by atoms with Gasteiger partial charge in [0.1, 0.15) is 5.52 Å². The number of fused-ring (bicyclic) bond motifs is 1. The van der Waals surface area contributed by atoms with Crippen LogP contribution in [0.15, 0.2) is 49.7 Å². The average molecular weight is 338 g/mol. The molecule has 5 nitrogen and oxygen atoms in total. The van der Waals surface area contributed by atoms with Crippen molar-refractivity contribution in [1.82, 2.24) is 15.0 Å². The zero-order chi connectivity index (χ0) is 13.2. The van der Waals surface area contributed by atoms with Gasteiger partial charge >= 0.3 is 0 Å². The Morgan fingerprint density at radius 3 is 2.89 bits per heavy atom. The monoisotopic (exact) mass is 337 g/mol. The summed E-state index contributed by atoms with van der Waals surface area (Å²) >= 11 is 4.56. The third-order valence-electron chi connectivity index (χ3n) is 2.34. The highest BCUT2D eigenvalue weighted by Crippen LogP contribution is 2.30. The van der Waals surface area contributed by atoms with Crippen molar-refractivity contribution in [2.45, 2.75) is 10.4 Å². The van der Waals surface area contributed by atoms with Crippen molar-refractivity contribution in [1.29, 1.82) is 0 Å². The van der Waals surface area contributed by atoms with Crippen molar-refractivity contribution in [2.75, 3.05) is 7.11 Å². The van der Waals surface area contributed by atoms with E-state index in [4.69, 9.17) is 9.15 Å². The number of methoxy groups -OCH3 is 1. The highest BCUT2D eigenvalue weighted by Gasteiger charge is 2.11. The fraction of sp³-hybridized carbons (Fsp3) is 0.0833. The summed E-state index contributed by atoms with van der Waals surface area (Å²) in [4.78, 5) is 12.8. The predicted octanol–water partition coefficient (Wildman–Crippen LogP) is 3.54. The molecule has 0 aliphatic heterocycles. The van der Waals surface area contributed by atoms with Gasteiger partial charge in [0.05, 0.1) is 11.6 Å². The standard InChI is InChI=1S/C12H8BrN3O2S/c1-17-10-7(13)6-14-11(16-10)19-12-15-8-4-2-3-5-9(8)18-12/h2-6H,1H3. The molecule has 0 aliphatic rings. The minimum atomic E-state index is 0.480. The van der Waals surface area contributed by atoms with Crippen LogP contribution in [0.3, 0.4) is 0 Å². The van der Waals surface area contributed by atoms with E-state index in [0.717, 1.165) is 11.1 Å². The first-order valence-corrected chi connectivity index (χ1v) is 6.97. The fourth-order valence-electron chi connectivity index (χ4n) is 1.50. The molecule has 0 spiro atoms. The van der Waals surface area contributed by atoms with E-state index in [1.165, 1.54) is 11.8 Å². The minimum Gasteiger partial charge on any atom is -0.480 e. The molecule has 0 aliphatic carbocycles. The molecule has 7 heteroatoms. The van der Waals surface area contributed by atoms with Crippen molar-refractivity contribution in [3.05, 3.63) is 34.9 Å². The van der Waals surface area contributed by atoms with Crippen LogP contribution in [-0.4, -0.2) is 22.1 Å². The molecular weight excluding hydrogens is 330 g/mol. The summed E-state index contributed by atoms with van der Waals surface area (Å²) in [7, 11) is 1.56. The molecular formula is C12H8BrN3O2S. The lowest BCUT2D eigenvalue weighted by Crippen LogP contribution is -1.93. The first-order chi connectivity index (χ1) is 9.26. The molecule has 2 heterocycles. The summed E-state index contributed by atoms with van der Waals surface area (Å²) < 4.78 is 11.4. The van der Waals surface area contributed by atoms with Crippen LogP contribution in [0.5, 0.6) is 5.88 Å². The van der Waals surface area contributed by atoms with E-state index in [2.05, 4.69) is 30.9 Å². The van der Waals surface area contributed by atoms with Crippen molar-refractivity contribution in [3.8, 4) is 5.88 Å². The normalized spacial score (nSPS) is 10.8. The molecule has 2 aromatic heterocycles. The van der Waals surface area contributed by atoms with Gasteiger partial charge in [-0.15, -0.1) is 0 Å². The number of rotatable bonds is 3. The summed E-state index contributed by atoms with van der Waals surface area (Å²) in [5, 5.41) is 1.03. The van der Waals surface area contributed by atoms with Gasteiger partial charge in [-0.3, -0.25) is 0 Å². The quantitative estimate of drug-likeness (QED) is 0.681. The zero-order valence-corrected chi connectivity index (χ0v) is 12.2. The second-order valence-corrected chi connectivity index (χ2v) is 5.33. The van der Waals surface area contributed by atoms with Gasteiger partial charge in [-0.25, -0.2) is 9.97 Å². The van der Waals surface area contributed by atoms with Gasteiger partial charge < -0.3 is 9.15 Å². The Bertz CT molecular complexity index is 699. The van der Waals surface area contributed by atoms with E-state index < -0.39 is 0 Å². The molecule has 0 atom stereocenters. The van der Waals surface area contributed by atoms with E-state index >= 15 is 0 Å². The smallest absolute Gasteiger partial charge is 0.264 e. The van der Waals surface area contributed by atoms with Crippen LogP contribution in [0, 0.1) is 0 Å². The number of oxazole rings is 1. The average Bonchev–Trinajstić information content (AvgIpc) is 2.83. The van der Waals surface area contributed by atoms with Gasteiger partial charge in [-0.05, 0) is 28.1 Å². The molecule has 0 amide bonds. The number of nitrogens with zero attached hydrogens (tertiary/aromatic N) is 3. The van der Waals surface area contributed by atoms with Crippen molar-refractivity contribution in [3.63, 3.8) is 0 Å². The Kier molecular flexibility index (Phi) is 3.39. The summed E-state index contributed by atoms with van der Waals surface area (Å²) in [5.41, 5.74) is 1.56. The van der Waals surface area contributed by atoms with Crippen molar-refractivity contribution < 1.29 is 9.15 Å². The Morgan fingerprint density at radius 2 is 2.11 bits per heavy atom. The number of aromatic nitrogens is 3. The summed E-state index contributed by atoms with van der Waals surface area (Å²) in [6, 6.07) is 7.58. The second kappa shape index (κ2) is 5.18. The van der Waals surface area contributed by atoms with Gasteiger partial charge in [-0.2, -0.15) is 4.98 Å². The fourth-order valence-corrected chi connectivity index (χ4v) is 2.52. The van der Waals surface area contributed by atoms with Crippen LogP contribution in [-0.2, 0) is 0 Å². The van der Waals surface area contributed by atoms with E-state index in [0.29, 0.717) is 20.7 Å². The van der Waals surface area contributed by atoms with E-state index in [1.807, 2.05) is 24.3 Å². The van der Waals surface area contributed by atoms with Crippen molar-refractivity contribution in [2.24, 2.45) is 0 Å². The minimum absolute atomic E-state index is 0.480. The number of hydrogen-bond acceptors (Lipinski definition) is 6. The lowest BCUT2D eigenvalue weighted by atomic mass is 10.3. The van der Waals surface area contributed by atoms with Gasteiger partial charge in [0.2, 0.25) is 5.88 Å². The SMILES string of the molecule is COc1nc(Sc2nc3ccccc3o2)ncc1Br. The zero-order valence-electron chi connectivity index (χ0n) is 9.83. The van der Waals surface area contributed by atoms with E-state index in [-0.39, 0.29) is 0 Å².